The van der Waals surface area contributed by atoms with E-state index < -0.39 is 0 Å². The van der Waals surface area contributed by atoms with Crippen molar-refractivity contribution in [2.75, 3.05) is 9.80 Å². The fourth-order valence-corrected chi connectivity index (χ4v) is 14.4. The van der Waals surface area contributed by atoms with E-state index >= 15 is 0 Å². The van der Waals surface area contributed by atoms with Gasteiger partial charge in [0.25, 0.3) is 6.71 Å². The molecular formula is C66H53BN2. The lowest BCUT2D eigenvalue weighted by molar-refractivity contribution is 0.837. The zero-order valence-corrected chi connectivity index (χ0v) is 40.0. The van der Waals surface area contributed by atoms with Gasteiger partial charge in [-0.1, -0.05) is 161 Å². The third-order valence-corrected chi connectivity index (χ3v) is 16.9. The maximum Gasteiger partial charge on any atom is 0.252 e. The third-order valence-electron chi connectivity index (χ3n) is 16.9. The number of anilines is 6. The van der Waals surface area contributed by atoms with E-state index in [1.165, 1.54) is 128 Å². The van der Waals surface area contributed by atoms with Gasteiger partial charge in [0.1, 0.15) is 0 Å². The van der Waals surface area contributed by atoms with Crippen molar-refractivity contribution in [2.24, 2.45) is 0 Å². The van der Waals surface area contributed by atoms with Crippen LogP contribution in [0.15, 0.2) is 164 Å². The van der Waals surface area contributed by atoms with Crippen LogP contribution in [0.3, 0.4) is 0 Å². The molecule has 3 heteroatoms. The first-order chi connectivity index (χ1) is 33.9. The van der Waals surface area contributed by atoms with Gasteiger partial charge in [-0.05, 0) is 190 Å². The zero-order valence-electron chi connectivity index (χ0n) is 40.0. The first kappa shape index (κ1) is 39.6. The molecule has 0 N–H and O–H groups in total. The molecule has 0 radical (unpaired) electrons. The van der Waals surface area contributed by atoms with E-state index in [-0.39, 0.29) is 6.71 Å². The molecule has 11 aromatic carbocycles. The van der Waals surface area contributed by atoms with Crippen molar-refractivity contribution in [1.29, 1.82) is 0 Å². The summed E-state index contributed by atoms with van der Waals surface area (Å²) in [5.74, 6) is 0.703. The number of hydrogen-bond acceptors (Lipinski definition) is 2. The van der Waals surface area contributed by atoms with Gasteiger partial charge in [0.05, 0.1) is 5.69 Å². The van der Waals surface area contributed by atoms with Crippen LogP contribution in [-0.4, -0.2) is 6.71 Å². The molecule has 2 nitrogen and oxygen atoms in total. The molecule has 0 spiro atoms. The van der Waals surface area contributed by atoms with Gasteiger partial charge in [-0.15, -0.1) is 0 Å². The molecule has 4 aliphatic rings. The Balaban J connectivity index is 1.10. The minimum absolute atomic E-state index is 0.0817. The van der Waals surface area contributed by atoms with Crippen molar-refractivity contribution in [3.05, 3.63) is 197 Å². The molecule has 0 atom stereocenters. The predicted molar refractivity (Wildman–Crippen MR) is 298 cm³/mol. The SMILES string of the molecule is CC(C)c1c2c(cc3c1N(c1ccc4c5ccccc5c5ccccc5c4c1)c1cccc4c1B3c1cc3c(c(C(C)C)c1N4c1cccc4c5ccccc5c5ccccc5c14)CCC3)CCC2. The van der Waals surface area contributed by atoms with Crippen molar-refractivity contribution in [2.45, 2.75) is 78.1 Å². The normalized spacial score (nSPS) is 14.8. The number of rotatable bonds is 4. The minimum Gasteiger partial charge on any atom is -0.311 e. The van der Waals surface area contributed by atoms with E-state index in [9.17, 15) is 0 Å². The topological polar surface area (TPSA) is 6.48 Å². The molecule has 2 heterocycles. The molecule has 15 rings (SSSR count). The lowest BCUT2D eigenvalue weighted by Crippen LogP contribution is -2.62. The summed E-state index contributed by atoms with van der Waals surface area (Å²) in [6.45, 7) is 9.90. The van der Waals surface area contributed by atoms with Crippen molar-refractivity contribution in [3.8, 4) is 0 Å². The zero-order chi connectivity index (χ0) is 45.8. The Morgan fingerprint density at radius 1 is 0.377 bits per heavy atom. The number of benzene rings is 11. The van der Waals surface area contributed by atoms with Crippen LogP contribution in [-0.2, 0) is 25.7 Å². The molecule has 0 aromatic heterocycles. The van der Waals surface area contributed by atoms with Crippen molar-refractivity contribution in [1.82, 2.24) is 0 Å². The highest BCUT2D eigenvalue weighted by Crippen LogP contribution is 2.53. The smallest absolute Gasteiger partial charge is 0.252 e. The highest BCUT2D eigenvalue weighted by atomic mass is 15.2. The average Bonchev–Trinajstić information content (AvgIpc) is 4.07. The summed E-state index contributed by atoms with van der Waals surface area (Å²) in [7, 11) is 0. The maximum atomic E-state index is 2.77. The van der Waals surface area contributed by atoms with Gasteiger partial charge in [0.15, 0.2) is 0 Å². The molecule has 0 amide bonds. The van der Waals surface area contributed by atoms with Gasteiger partial charge in [-0.3, -0.25) is 0 Å². The van der Waals surface area contributed by atoms with Gasteiger partial charge in [0, 0.05) is 33.8 Å². The standard InChI is InChI=1S/C66H53BN2/c1-38(2)61-43-27-13-17-40(43)35-56-65(61)68(42-33-34-52-47-21-6-5-19-45(47)46-20-8-10-25-51(46)55(52)37-42)59-31-16-32-60-64(59)67(56)57-36-41-18-14-28-44(41)62(39(3)4)66(57)69(60)58-30-15-29-54-50-23-9-7-22-48(50)49-24-11-12-26-53(49)63(54)58/h5-12,15-16,19-26,29-39H,13-14,17-18,27-28H2,1-4H3. The summed E-state index contributed by atoms with van der Waals surface area (Å²) in [5.41, 5.74) is 21.7. The Kier molecular flexibility index (Phi) is 8.37. The van der Waals surface area contributed by atoms with E-state index in [1.54, 1.807) is 33.4 Å². The second-order valence-corrected chi connectivity index (χ2v) is 21.2. The summed E-state index contributed by atoms with van der Waals surface area (Å²) in [6, 6.07) is 63.5. The molecule has 0 saturated carbocycles. The van der Waals surface area contributed by atoms with Gasteiger partial charge >= 0.3 is 0 Å². The van der Waals surface area contributed by atoms with Crippen LogP contribution in [0.25, 0.3) is 64.6 Å². The van der Waals surface area contributed by atoms with E-state index in [0.29, 0.717) is 11.8 Å². The molecular weight excluding hydrogens is 832 g/mol. The highest BCUT2D eigenvalue weighted by molar-refractivity contribution is 7.00. The van der Waals surface area contributed by atoms with Crippen LogP contribution in [0.1, 0.15) is 85.8 Å². The third kappa shape index (κ3) is 5.34. The van der Waals surface area contributed by atoms with Crippen LogP contribution in [0, 0.1) is 0 Å². The summed E-state index contributed by atoms with van der Waals surface area (Å²) in [4.78, 5) is 5.50. The van der Waals surface area contributed by atoms with Crippen molar-refractivity contribution >= 4 is 122 Å². The predicted octanol–water partition coefficient (Wildman–Crippen LogP) is 15.9. The molecule has 2 aliphatic heterocycles. The van der Waals surface area contributed by atoms with Gasteiger partial charge in [-0.2, -0.15) is 0 Å². The fraction of sp³-hybridized carbons (Fsp3) is 0.182. The Bertz CT molecular complexity index is 3980. The van der Waals surface area contributed by atoms with Crippen LogP contribution >= 0.6 is 0 Å². The second-order valence-electron chi connectivity index (χ2n) is 21.2. The van der Waals surface area contributed by atoms with Crippen LogP contribution in [0.4, 0.5) is 34.1 Å². The molecule has 330 valence electrons. The highest BCUT2D eigenvalue weighted by Gasteiger charge is 2.47. The largest absolute Gasteiger partial charge is 0.311 e. The summed E-state index contributed by atoms with van der Waals surface area (Å²) in [6.07, 6.45) is 7.02. The molecule has 69 heavy (non-hydrogen) atoms. The van der Waals surface area contributed by atoms with Crippen LogP contribution in [0.2, 0.25) is 0 Å². The van der Waals surface area contributed by atoms with E-state index in [2.05, 4.69) is 201 Å². The number of aryl methyl sites for hydroxylation is 2. The Morgan fingerprint density at radius 2 is 0.783 bits per heavy atom. The monoisotopic (exact) mass is 884 g/mol. The first-order valence-electron chi connectivity index (χ1n) is 25.7. The number of nitrogens with zero attached hydrogens (tertiary/aromatic N) is 2. The van der Waals surface area contributed by atoms with Gasteiger partial charge in [0.2, 0.25) is 0 Å². The van der Waals surface area contributed by atoms with E-state index in [0.717, 1.165) is 25.7 Å². The van der Waals surface area contributed by atoms with Gasteiger partial charge < -0.3 is 9.80 Å². The Hall–Kier alpha value is -7.36. The Morgan fingerprint density at radius 3 is 1.30 bits per heavy atom. The second kappa shape index (κ2) is 14.6. The van der Waals surface area contributed by atoms with E-state index in [1.807, 2.05) is 0 Å². The summed E-state index contributed by atoms with van der Waals surface area (Å²) < 4.78 is 0. The Labute approximate surface area is 404 Å². The van der Waals surface area contributed by atoms with Gasteiger partial charge in [-0.25, -0.2) is 0 Å². The number of fused-ring (bicyclic) bond motifs is 18. The molecule has 0 fully saturated rings. The van der Waals surface area contributed by atoms with Crippen molar-refractivity contribution in [3.63, 3.8) is 0 Å². The quantitative estimate of drug-likeness (QED) is 0.128. The average molecular weight is 885 g/mol. The summed E-state index contributed by atoms with van der Waals surface area (Å²) >= 11 is 0. The van der Waals surface area contributed by atoms with Crippen LogP contribution < -0.4 is 26.2 Å². The molecule has 2 aliphatic carbocycles. The maximum absolute atomic E-state index is 2.77. The minimum atomic E-state index is 0.0817. The number of hydrogen-bond donors (Lipinski definition) is 0. The first-order valence-corrected chi connectivity index (χ1v) is 25.7. The molecule has 0 unspecified atom stereocenters. The van der Waals surface area contributed by atoms with Crippen molar-refractivity contribution < 1.29 is 0 Å². The fourth-order valence-electron chi connectivity index (χ4n) is 14.4. The summed E-state index contributed by atoms with van der Waals surface area (Å²) in [5, 5.41) is 15.7. The molecule has 11 aromatic rings. The molecule has 0 bridgehead atoms. The lowest BCUT2D eigenvalue weighted by Gasteiger charge is -2.47. The molecule has 0 saturated heterocycles. The van der Waals surface area contributed by atoms with Crippen LogP contribution in [0.5, 0.6) is 0 Å². The lowest BCUT2D eigenvalue weighted by atomic mass is 9.32. The van der Waals surface area contributed by atoms with E-state index in [4.69, 9.17) is 0 Å².